The van der Waals surface area contributed by atoms with Crippen LogP contribution in [-0.4, -0.2) is 48.0 Å². The van der Waals surface area contributed by atoms with E-state index in [0.717, 1.165) is 4.70 Å². The molecule has 0 spiro atoms. The van der Waals surface area contributed by atoms with Crippen LogP contribution >= 0.6 is 11.3 Å². The second-order valence-corrected chi connectivity index (χ2v) is 6.39. The van der Waals surface area contributed by atoms with Crippen molar-refractivity contribution in [3.63, 3.8) is 0 Å². The zero-order valence-electron chi connectivity index (χ0n) is 12.9. The number of hydrogen-bond acceptors (Lipinski definition) is 6. The second kappa shape index (κ2) is 5.85. The summed E-state index contributed by atoms with van der Waals surface area (Å²) in [6, 6.07) is 2.54. The molecule has 0 saturated carbocycles. The van der Waals surface area contributed by atoms with Crippen LogP contribution in [0.5, 0.6) is 11.5 Å². The number of carbonyl (C=O) groups excluding carboxylic acids is 1. The van der Waals surface area contributed by atoms with Gasteiger partial charge in [-0.25, -0.2) is 9.78 Å². The predicted octanol–water partition coefficient (Wildman–Crippen LogP) is 1.35. The molecule has 1 saturated heterocycles. The summed E-state index contributed by atoms with van der Waals surface area (Å²) >= 11 is 1.38. The highest BCUT2D eigenvalue weighted by Crippen LogP contribution is 2.42. The van der Waals surface area contributed by atoms with Crippen molar-refractivity contribution in [2.75, 3.05) is 24.7 Å². The number of aliphatic hydroxyl groups excluding tert-OH is 1. The molecule has 0 bridgehead atoms. The molecule has 8 heteroatoms. The molecule has 24 heavy (non-hydrogen) atoms. The first kappa shape index (κ1) is 15.1. The van der Waals surface area contributed by atoms with Gasteiger partial charge < -0.3 is 19.9 Å². The van der Waals surface area contributed by atoms with Crippen molar-refractivity contribution in [3.8, 4) is 23.3 Å². The minimum Gasteiger partial charge on any atom is -0.486 e. The molecule has 3 heterocycles. The van der Waals surface area contributed by atoms with E-state index in [2.05, 4.69) is 22.1 Å². The number of aliphatic hydroxyl groups is 1. The van der Waals surface area contributed by atoms with Gasteiger partial charge in [-0.1, -0.05) is 17.3 Å². The van der Waals surface area contributed by atoms with Crippen LogP contribution in [0, 0.1) is 11.8 Å². The number of carbonyl (C=O) groups is 1. The van der Waals surface area contributed by atoms with Gasteiger partial charge >= 0.3 is 6.03 Å². The number of benzene rings is 1. The van der Waals surface area contributed by atoms with Gasteiger partial charge in [-0.3, -0.25) is 4.90 Å². The Morgan fingerprint density at radius 3 is 3.08 bits per heavy atom. The van der Waals surface area contributed by atoms with Crippen molar-refractivity contribution < 1.29 is 19.4 Å². The second-order valence-electron chi connectivity index (χ2n) is 5.38. The maximum Gasteiger partial charge on any atom is 0.325 e. The molecule has 7 nitrogen and oxygen atoms in total. The van der Waals surface area contributed by atoms with Gasteiger partial charge in [-0.15, -0.1) is 5.92 Å². The van der Waals surface area contributed by atoms with E-state index in [1.807, 2.05) is 12.1 Å². The Kier molecular flexibility index (Phi) is 3.67. The number of fused-ring (bicyclic) bond motifs is 3. The van der Waals surface area contributed by atoms with Crippen molar-refractivity contribution in [2.45, 2.75) is 19.0 Å². The largest absolute Gasteiger partial charge is 0.486 e. The summed E-state index contributed by atoms with van der Waals surface area (Å²) in [7, 11) is 0. The number of amides is 2. The van der Waals surface area contributed by atoms with Crippen LogP contribution in [0.15, 0.2) is 12.1 Å². The van der Waals surface area contributed by atoms with Crippen LogP contribution in [0.3, 0.4) is 0 Å². The van der Waals surface area contributed by atoms with Crippen LogP contribution in [0.25, 0.3) is 10.2 Å². The quantitative estimate of drug-likeness (QED) is 0.803. The zero-order valence-corrected chi connectivity index (χ0v) is 13.7. The summed E-state index contributed by atoms with van der Waals surface area (Å²) < 4.78 is 12.2. The minimum absolute atomic E-state index is 0.182. The van der Waals surface area contributed by atoms with E-state index in [1.165, 1.54) is 16.2 Å². The van der Waals surface area contributed by atoms with Crippen LogP contribution in [0.2, 0.25) is 0 Å². The number of nitrogens with one attached hydrogen (secondary N) is 1. The molecule has 2 aliphatic rings. The summed E-state index contributed by atoms with van der Waals surface area (Å²) in [5.74, 6) is 7.06. The molecule has 4 rings (SSSR count). The first-order chi connectivity index (χ1) is 11.7. The summed E-state index contributed by atoms with van der Waals surface area (Å²) in [4.78, 5) is 18.4. The number of rotatable bonds is 2. The van der Waals surface area contributed by atoms with E-state index < -0.39 is 12.1 Å². The zero-order chi connectivity index (χ0) is 16.7. The Morgan fingerprint density at radius 2 is 2.29 bits per heavy atom. The molecular formula is C16H15N3O4S. The van der Waals surface area contributed by atoms with Gasteiger partial charge in [0.1, 0.15) is 24.8 Å². The summed E-state index contributed by atoms with van der Waals surface area (Å²) in [5, 5.41) is 12.7. The Balaban J connectivity index is 1.80. The third kappa shape index (κ3) is 2.25. The number of thiazole rings is 1. The van der Waals surface area contributed by atoms with Gasteiger partial charge in [-0.2, -0.15) is 0 Å². The van der Waals surface area contributed by atoms with Crippen molar-refractivity contribution in [2.24, 2.45) is 0 Å². The van der Waals surface area contributed by atoms with E-state index in [1.54, 1.807) is 6.92 Å². The molecule has 0 aliphatic carbocycles. The third-order valence-corrected chi connectivity index (χ3v) is 4.96. The monoisotopic (exact) mass is 345 g/mol. The standard InChI is InChI=1S/C16H15N3O4S/c1-2-3-10-9(8-20)17-15(21)19(10)16-18-13-12(24-16)5-4-11-14(13)23-7-6-22-11/h4-5,9-10,20H,6-8H2,1H3,(H,17,21)/t9-,10-/m0/s1. The SMILES string of the molecule is CC#C[C@H]1[C@H](CO)NC(=O)N1c1nc2c3c(ccc2s1)OCCO3. The molecule has 2 N–H and O–H groups in total. The molecule has 2 atom stereocenters. The Morgan fingerprint density at radius 1 is 1.46 bits per heavy atom. The molecule has 0 unspecified atom stereocenters. The predicted molar refractivity (Wildman–Crippen MR) is 89.7 cm³/mol. The van der Waals surface area contributed by atoms with Gasteiger partial charge in [0.25, 0.3) is 0 Å². The number of nitrogens with zero attached hydrogens (tertiary/aromatic N) is 2. The van der Waals surface area contributed by atoms with Gasteiger partial charge in [-0.05, 0) is 19.1 Å². The normalized spacial score (nSPS) is 22.2. The average molecular weight is 345 g/mol. The van der Waals surface area contributed by atoms with E-state index in [9.17, 15) is 9.90 Å². The van der Waals surface area contributed by atoms with Gasteiger partial charge in [0, 0.05) is 0 Å². The molecule has 124 valence electrons. The number of aromatic nitrogens is 1. The van der Waals surface area contributed by atoms with Crippen LogP contribution in [-0.2, 0) is 0 Å². The number of anilines is 1. The number of urea groups is 1. The number of ether oxygens (including phenoxy) is 2. The maximum atomic E-state index is 12.3. The fourth-order valence-electron chi connectivity index (χ4n) is 2.87. The van der Waals surface area contributed by atoms with Crippen molar-refractivity contribution in [1.29, 1.82) is 0 Å². The Bertz CT molecular complexity index is 869. The highest BCUT2D eigenvalue weighted by molar-refractivity contribution is 7.22. The van der Waals surface area contributed by atoms with Gasteiger partial charge in [0.05, 0.1) is 17.3 Å². The summed E-state index contributed by atoms with van der Waals surface area (Å²) in [5.41, 5.74) is 0.677. The van der Waals surface area contributed by atoms with E-state index in [4.69, 9.17) is 9.47 Å². The number of hydrogen-bond donors (Lipinski definition) is 2. The molecule has 2 aromatic rings. The highest BCUT2D eigenvalue weighted by Gasteiger charge is 2.40. The molecule has 1 aromatic heterocycles. The summed E-state index contributed by atoms with van der Waals surface area (Å²) in [6.45, 7) is 2.50. The average Bonchev–Trinajstić information content (AvgIpc) is 3.16. The van der Waals surface area contributed by atoms with E-state index in [-0.39, 0.29) is 12.6 Å². The lowest BCUT2D eigenvalue weighted by atomic mass is 10.1. The fraction of sp³-hybridized carbons (Fsp3) is 0.375. The molecular weight excluding hydrogens is 330 g/mol. The van der Waals surface area contributed by atoms with Crippen molar-refractivity contribution in [1.82, 2.24) is 10.3 Å². The molecule has 2 aliphatic heterocycles. The maximum absolute atomic E-state index is 12.3. The first-order valence-corrected chi connectivity index (χ1v) is 8.36. The lowest BCUT2D eigenvalue weighted by molar-refractivity contribution is 0.173. The first-order valence-electron chi connectivity index (χ1n) is 7.55. The van der Waals surface area contributed by atoms with E-state index >= 15 is 0 Å². The molecule has 2 amide bonds. The Hall–Kier alpha value is -2.50. The van der Waals surface area contributed by atoms with Crippen LogP contribution in [0.4, 0.5) is 9.93 Å². The molecule has 0 radical (unpaired) electrons. The van der Waals surface area contributed by atoms with Gasteiger partial charge in [0.15, 0.2) is 16.6 Å². The molecule has 1 aromatic carbocycles. The highest BCUT2D eigenvalue weighted by atomic mass is 32.1. The van der Waals surface area contributed by atoms with Crippen molar-refractivity contribution in [3.05, 3.63) is 12.1 Å². The summed E-state index contributed by atoms with van der Waals surface area (Å²) in [6.07, 6.45) is 0. The van der Waals surface area contributed by atoms with Crippen LogP contribution < -0.4 is 19.7 Å². The third-order valence-electron chi connectivity index (χ3n) is 3.94. The van der Waals surface area contributed by atoms with Crippen molar-refractivity contribution >= 4 is 32.7 Å². The van der Waals surface area contributed by atoms with Crippen LogP contribution in [0.1, 0.15) is 6.92 Å². The topological polar surface area (TPSA) is 83.9 Å². The Labute approximate surface area is 142 Å². The smallest absolute Gasteiger partial charge is 0.325 e. The lowest BCUT2D eigenvalue weighted by Gasteiger charge is -2.18. The van der Waals surface area contributed by atoms with Gasteiger partial charge in [0.2, 0.25) is 0 Å². The fourth-order valence-corrected chi connectivity index (χ4v) is 3.87. The lowest BCUT2D eigenvalue weighted by Crippen LogP contribution is -2.37. The molecule has 1 fully saturated rings. The van der Waals surface area contributed by atoms with E-state index in [0.29, 0.717) is 35.4 Å². The minimum atomic E-state index is -0.457.